The number of amides is 2. The molecule has 8 heteroatoms. The summed E-state index contributed by atoms with van der Waals surface area (Å²) in [6, 6.07) is 10.1. The molecule has 1 heterocycles. The molecular formula is C19H17Cl3N2O3. The smallest absolute Gasteiger partial charge is 0.259 e. The van der Waals surface area contributed by atoms with Crippen molar-refractivity contribution in [1.29, 1.82) is 0 Å². The van der Waals surface area contributed by atoms with Crippen LogP contribution in [0.25, 0.3) is 0 Å². The van der Waals surface area contributed by atoms with E-state index in [0.29, 0.717) is 41.8 Å². The number of nitrogens with zero attached hydrogens (tertiary/aromatic N) is 2. The lowest BCUT2D eigenvalue weighted by Crippen LogP contribution is -2.50. The average molecular weight is 428 g/mol. The Labute approximate surface area is 172 Å². The Morgan fingerprint density at radius 1 is 0.815 bits per heavy atom. The third-order valence-corrected chi connectivity index (χ3v) is 5.38. The number of rotatable bonds is 3. The van der Waals surface area contributed by atoms with E-state index < -0.39 is 0 Å². The zero-order chi connectivity index (χ0) is 19.6. The van der Waals surface area contributed by atoms with Gasteiger partial charge in [-0.1, -0.05) is 46.9 Å². The van der Waals surface area contributed by atoms with Crippen molar-refractivity contribution >= 4 is 46.6 Å². The van der Waals surface area contributed by atoms with Crippen LogP contribution in [0.2, 0.25) is 15.1 Å². The Kier molecular flexibility index (Phi) is 6.15. The van der Waals surface area contributed by atoms with Gasteiger partial charge in [-0.15, -0.1) is 0 Å². The molecule has 0 bridgehead atoms. The van der Waals surface area contributed by atoms with E-state index in [1.54, 1.807) is 46.2 Å². The molecule has 0 saturated carbocycles. The van der Waals surface area contributed by atoms with Gasteiger partial charge in [0.2, 0.25) is 0 Å². The number of hydrogen-bond donors (Lipinski definition) is 0. The monoisotopic (exact) mass is 426 g/mol. The van der Waals surface area contributed by atoms with Gasteiger partial charge in [0.15, 0.2) is 5.75 Å². The second-order valence-corrected chi connectivity index (χ2v) is 7.22. The summed E-state index contributed by atoms with van der Waals surface area (Å²) >= 11 is 18.4. The number of carbonyl (C=O) groups excluding carboxylic acids is 2. The second kappa shape index (κ2) is 8.38. The molecule has 0 unspecified atom stereocenters. The van der Waals surface area contributed by atoms with Crippen molar-refractivity contribution in [2.75, 3.05) is 33.3 Å². The summed E-state index contributed by atoms with van der Waals surface area (Å²) in [5.41, 5.74) is 0.691. The molecular weight excluding hydrogens is 411 g/mol. The minimum Gasteiger partial charge on any atom is -0.494 e. The number of piperazine rings is 1. The molecule has 0 aliphatic carbocycles. The highest BCUT2D eigenvalue weighted by Crippen LogP contribution is 2.35. The first kappa shape index (κ1) is 19.8. The van der Waals surface area contributed by atoms with E-state index in [0.717, 1.165) is 0 Å². The zero-order valence-electron chi connectivity index (χ0n) is 14.5. The van der Waals surface area contributed by atoms with Gasteiger partial charge in [0.25, 0.3) is 11.8 Å². The van der Waals surface area contributed by atoms with Gasteiger partial charge in [0.1, 0.15) is 5.56 Å². The first-order chi connectivity index (χ1) is 12.9. The summed E-state index contributed by atoms with van der Waals surface area (Å²) in [6.45, 7) is 1.55. The lowest BCUT2D eigenvalue weighted by Gasteiger charge is -2.35. The maximum Gasteiger partial charge on any atom is 0.259 e. The highest BCUT2D eigenvalue weighted by molar-refractivity contribution is 6.37. The van der Waals surface area contributed by atoms with Crippen LogP contribution >= 0.6 is 34.8 Å². The van der Waals surface area contributed by atoms with Crippen LogP contribution in [0, 0.1) is 0 Å². The summed E-state index contributed by atoms with van der Waals surface area (Å²) in [5.74, 6) is -0.168. The quantitative estimate of drug-likeness (QED) is 0.735. The van der Waals surface area contributed by atoms with Gasteiger partial charge in [-0.3, -0.25) is 9.59 Å². The first-order valence-corrected chi connectivity index (χ1v) is 9.42. The van der Waals surface area contributed by atoms with E-state index in [-0.39, 0.29) is 28.1 Å². The summed E-state index contributed by atoms with van der Waals surface area (Å²) in [7, 11) is 1.44. The van der Waals surface area contributed by atoms with Crippen LogP contribution in [-0.2, 0) is 0 Å². The number of halogens is 3. The molecule has 2 aromatic rings. The van der Waals surface area contributed by atoms with Crippen molar-refractivity contribution in [1.82, 2.24) is 9.80 Å². The summed E-state index contributed by atoms with van der Waals surface area (Å²) in [5, 5.41) is 1.00. The van der Waals surface area contributed by atoms with Crippen LogP contribution in [0.3, 0.4) is 0 Å². The predicted octanol–water partition coefficient (Wildman–Crippen LogP) is 4.25. The van der Waals surface area contributed by atoms with Crippen LogP contribution in [0.5, 0.6) is 5.75 Å². The largest absolute Gasteiger partial charge is 0.494 e. The van der Waals surface area contributed by atoms with Gasteiger partial charge in [-0.25, -0.2) is 0 Å². The van der Waals surface area contributed by atoms with E-state index in [9.17, 15) is 9.59 Å². The molecule has 1 saturated heterocycles. The lowest BCUT2D eigenvalue weighted by molar-refractivity contribution is 0.0534. The molecule has 0 spiro atoms. The summed E-state index contributed by atoms with van der Waals surface area (Å²) < 4.78 is 5.26. The molecule has 142 valence electrons. The molecule has 27 heavy (non-hydrogen) atoms. The molecule has 2 aromatic carbocycles. The molecule has 1 aliphatic heterocycles. The predicted molar refractivity (Wildman–Crippen MR) is 106 cm³/mol. The van der Waals surface area contributed by atoms with E-state index in [1.165, 1.54) is 7.11 Å². The van der Waals surface area contributed by atoms with E-state index >= 15 is 0 Å². The Morgan fingerprint density at radius 3 is 1.96 bits per heavy atom. The molecule has 1 aliphatic rings. The van der Waals surface area contributed by atoms with Crippen molar-refractivity contribution in [3.63, 3.8) is 0 Å². The van der Waals surface area contributed by atoms with E-state index in [2.05, 4.69) is 0 Å². The molecule has 0 aromatic heterocycles. The first-order valence-electron chi connectivity index (χ1n) is 8.29. The van der Waals surface area contributed by atoms with Gasteiger partial charge in [-0.05, 0) is 24.3 Å². The van der Waals surface area contributed by atoms with E-state index in [4.69, 9.17) is 39.5 Å². The minimum atomic E-state index is -0.274. The van der Waals surface area contributed by atoms with Crippen LogP contribution in [0.15, 0.2) is 36.4 Å². The lowest BCUT2D eigenvalue weighted by atomic mass is 10.1. The third-order valence-electron chi connectivity index (χ3n) is 4.44. The van der Waals surface area contributed by atoms with Gasteiger partial charge >= 0.3 is 0 Å². The maximum atomic E-state index is 12.9. The second-order valence-electron chi connectivity index (χ2n) is 6.00. The topological polar surface area (TPSA) is 49.9 Å². The molecule has 1 fully saturated rings. The maximum absolute atomic E-state index is 12.9. The fourth-order valence-electron chi connectivity index (χ4n) is 3.01. The average Bonchev–Trinajstić information content (AvgIpc) is 2.69. The standard InChI is InChI=1S/C19H17Cl3N2O3/c1-27-17-15(22)7-6-14(21)16(17)19(26)24-10-8-23(9-11-24)18(25)12-4-2-3-5-13(12)20/h2-7H,8-11H2,1H3. The molecule has 2 amide bonds. The molecule has 0 N–H and O–H groups in total. The van der Waals surface area contributed by atoms with Crippen molar-refractivity contribution in [2.45, 2.75) is 0 Å². The number of carbonyl (C=O) groups is 2. The molecule has 3 rings (SSSR count). The number of hydrogen-bond acceptors (Lipinski definition) is 3. The number of methoxy groups -OCH3 is 1. The van der Waals surface area contributed by atoms with Gasteiger partial charge in [0.05, 0.1) is 27.7 Å². The van der Waals surface area contributed by atoms with Gasteiger partial charge in [0, 0.05) is 26.2 Å². The SMILES string of the molecule is COc1c(Cl)ccc(Cl)c1C(=O)N1CCN(C(=O)c2ccccc2Cl)CC1. The summed E-state index contributed by atoms with van der Waals surface area (Å²) in [6.07, 6.45) is 0. The van der Waals surface area contributed by atoms with Crippen LogP contribution in [0.1, 0.15) is 20.7 Å². The fourth-order valence-corrected chi connectivity index (χ4v) is 3.69. The zero-order valence-corrected chi connectivity index (χ0v) is 16.8. The van der Waals surface area contributed by atoms with Crippen molar-refractivity contribution in [3.05, 3.63) is 62.6 Å². The Hall–Kier alpha value is -1.95. The van der Waals surface area contributed by atoms with Gasteiger partial charge in [-0.2, -0.15) is 0 Å². The van der Waals surface area contributed by atoms with Gasteiger partial charge < -0.3 is 14.5 Å². The Balaban J connectivity index is 1.73. The van der Waals surface area contributed by atoms with Crippen molar-refractivity contribution < 1.29 is 14.3 Å². The third kappa shape index (κ3) is 4.00. The summed E-state index contributed by atoms with van der Waals surface area (Å²) in [4.78, 5) is 28.9. The fraction of sp³-hybridized carbons (Fsp3) is 0.263. The Bertz CT molecular complexity index is 880. The van der Waals surface area contributed by atoms with Crippen LogP contribution in [-0.4, -0.2) is 54.9 Å². The molecule has 5 nitrogen and oxygen atoms in total. The van der Waals surface area contributed by atoms with Crippen molar-refractivity contribution in [3.8, 4) is 5.75 Å². The minimum absolute atomic E-state index is 0.147. The number of ether oxygens (including phenoxy) is 1. The normalized spacial score (nSPS) is 14.2. The van der Waals surface area contributed by atoms with E-state index in [1.807, 2.05) is 0 Å². The highest BCUT2D eigenvalue weighted by atomic mass is 35.5. The van der Waals surface area contributed by atoms with Crippen molar-refractivity contribution in [2.24, 2.45) is 0 Å². The van der Waals surface area contributed by atoms with Crippen LogP contribution < -0.4 is 4.74 Å². The number of benzene rings is 2. The molecule has 0 atom stereocenters. The highest BCUT2D eigenvalue weighted by Gasteiger charge is 2.29. The van der Waals surface area contributed by atoms with Crippen LogP contribution in [0.4, 0.5) is 0 Å². The molecule has 0 radical (unpaired) electrons. The Morgan fingerprint density at radius 2 is 1.37 bits per heavy atom.